The number of carbonyl (C=O) groups excluding carboxylic acids is 1. The van der Waals surface area contributed by atoms with E-state index in [1.54, 1.807) is 0 Å². The fourth-order valence-corrected chi connectivity index (χ4v) is 3.38. The van der Waals surface area contributed by atoms with Crippen LogP contribution >= 0.6 is 0 Å². The van der Waals surface area contributed by atoms with Gasteiger partial charge < -0.3 is 10.0 Å². The molecule has 0 aliphatic carbocycles. The van der Waals surface area contributed by atoms with E-state index in [1.165, 1.54) is 19.3 Å². The highest BCUT2D eigenvalue weighted by Gasteiger charge is 2.33. The fourth-order valence-electron chi connectivity index (χ4n) is 3.38. The number of carboxylic acids is 1. The number of carbonyl (C=O) groups is 2. The lowest BCUT2D eigenvalue weighted by atomic mass is 9.85. The first-order chi connectivity index (χ1) is 9.37. The molecule has 5 nitrogen and oxygen atoms in total. The zero-order valence-corrected chi connectivity index (χ0v) is 12.6. The summed E-state index contributed by atoms with van der Waals surface area (Å²) in [6, 6.07) is 0.518. The summed E-state index contributed by atoms with van der Waals surface area (Å²) in [5.74, 6) is -0.721. The maximum absolute atomic E-state index is 12.4. The van der Waals surface area contributed by atoms with Crippen molar-refractivity contribution < 1.29 is 14.7 Å². The Morgan fingerprint density at radius 1 is 1.15 bits per heavy atom. The van der Waals surface area contributed by atoms with Crippen LogP contribution in [0.2, 0.25) is 0 Å². The van der Waals surface area contributed by atoms with Crippen molar-refractivity contribution in [3.8, 4) is 0 Å². The molecule has 114 valence electrons. The first-order valence-electron chi connectivity index (χ1n) is 7.61. The van der Waals surface area contributed by atoms with Crippen LogP contribution in [0.1, 0.15) is 46.0 Å². The summed E-state index contributed by atoms with van der Waals surface area (Å²) in [4.78, 5) is 27.6. The largest absolute Gasteiger partial charge is 0.481 e. The molecule has 20 heavy (non-hydrogen) atoms. The van der Waals surface area contributed by atoms with Gasteiger partial charge in [-0.15, -0.1) is 0 Å². The monoisotopic (exact) mass is 282 g/mol. The summed E-state index contributed by atoms with van der Waals surface area (Å²) in [5, 5.41) is 8.90. The van der Waals surface area contributed by atoms with Crippen molar-refractivity contribution in [1.29, 1.82) is 0 Å². The van der Waals surface area contributed by atoms with Crippen LogP contribution in [0.3, 0.4) is 0 Å². The van der Waals surface area contributed by atoms with Crippen molar-refractivity contribution in [2.45, 2.75) is 52.0 Å². The number of carboxylic acid groups (broad SMARTS) is 1. The molecule has 5 heteroatoms. The topological polar surface area (TPSA) is 60.9 Å². The number of fused-ring (bicyclic) bond motifs is 1. The maximum Gasteiger partial charge on any atom is 0.303 e. The highest BCUT2D eigenvalue weighted by atomic mass is 16.4. The Labute approximate surface area is 120 Å². The van der Waals surface area contributed by atoms with Gasteiger partial charge in [0.15, 0.2) is 0 Å². The molecule has 1 atom stereocenters. The smallest absolute Gasteiger partial charge is 0.303 e. The summed E-state index contributed by atoms with van der Waals surface area (Å²) in [5.41, 5.74) is -0.466. The summed E-state index contributed by atoms with van der Waals surface area (Å²) < 4.78 is 0. The normalized spacial score (nSPS) is 24.3. The lowest BCUT2D eigenvalue weighted by Crippen LogP contribution is -2.56. The Kier molecular flexibility index (Phi) is 4.68. The minimum atomic E-state index is -0.833. The van der Waals surface area contributed by atoms with Gasteiger partial charge in [0.25, 0.3) is 0 Å². The lowest BCUT2D eigenvalue weighted by Gasteiger charge is -2.44. The van der Waals surface area contributed by atoms with E-state index in [0.29, 0.717) is 12.5 Å². The van der Waals surface area contributed by atoms with E-state index in [0.717, 1.165) is 26.2 Å². The van der Waals surface area contributed by atoms with Gasteiger partial charge in [-0.05, 0) is 24.8 Å². The quantitative estimate of drug-likeness (QED) is 0.850. The van der Waals surface area contributed by atoms with E-state index in [4.69, 9.17) is 5.11 Å². The molecule has 0 aromatic heterocycles. The molecule has 0 saturated carbocycles. The van der Waals surface area contributed by atoms with Crippen LogP contribution in [0.25, 0.3) is 0 Å². The van der Waals surface area contributed by atoms with E-state index < -0.39 is 11.4 Å². The van der Waals surface area contributed by atoms with Crippen molar-refractivity contribution in [3.63, 3.8) is 0 Å². The first-order valence-corrected chi connectivity index (χ1v) is 7.61. The van der Waals surface area contributed by atoms with Crippen LogP contribution in [-0.2, 0) is 9.59 Å². The van der Waals surface area contributed by atoms with Gasteiger partial charge in [0.1, 0.15) is 0 Å². The average Bonchev–Trinajstić information content (AvgIpc) is 2.36. The van der Waals surface area contributed by atoms with Crippen LogP contribution < -0.4 is 0 Å². The van der Waals surface area contributed by atoms with Gasteiger partial charge in [0, 0.05) is 32.1 Å². The molecule has 0 bridgehead atoms. The number of piperidine rings is 1. The standard InChI is InChI=1S/C15H26N2O3/c1-15(2,10-14(19)20)9-13(18)17-8-7-16-6-4-3-5-12(16)11-17/h12H,3-11H2,1-2H3,(H,19,20). The molecule has 2 saturated heterocycles. The van der Waals surface area contributed by atoms with Crippen LogP contribution in [-0.4, -0.2) is 59.0 Å². The summed E-state index contributed by atoms with van der Waals surface area (Å²) >= 11 is 0. The number of hydrogen-bond acceptors (Lipinski definition) is 3. The molecule has 1 amide bonds. The minimum absolute atomic E-state index is 0.0438. The molecule has 2 aliphatic heterocycles. The van der Waals surface area contributed by atoms with Gasteiger partial charge in [0.05, 0.1) is 6.42 Å². The Balaban J connectivity index is 1.88. The number of amides is 1. The second-order valence-corrected chi connectivity index (χ2v) is 6.94. The molecular formula is C15H26N2O3. The highest BCUT2D eigenvalue weighted by molar-refractivity contribution is 5.78. The summed E-state index contributed by atoms with van der Waals surface area (Å²) in [6.07, 6.45) is 4.08. The molecule has 2 rings (SSSR count). The molecule has 2 heterocycles. The Bertz CT molecular complexity index is 381. The number of aliphatic carboxylic acids is 1. The number of hydrogen-bond donors (Lipinski definition) is 1. The molecule has 0 aromatic carbocycles. The second-order valence-electron chi connectivity index (χ2n) is 6.94. The van der Waals surface area contributed by atoms with Gasteiger partial charge in [-0.3, -0.25) is 14.5 Å². The molecule has 2 aliphatic rings. The summed E-state index contributed by atoms with van der Waals surface area (Å²) in [7, 11) is 0. The van der Waals surface area contributed by atoms with Crippen molar-refractivity contribution in [3.05, 3.63) is 0 Å². The number of piperazine rings is 1. The highest BCUT2D eigenvalue weighted by Crippen LogP contribution is 2.27. The second kappa shape index (κ2) is 6.12. The lowest BCUT2D eigenvalue weighted by molar-refractivity contribution is -0.141. The van der Waals surface area contributed by atoms with Crippen LogP contribution in [0.5, 0.6) is 0 Å². The molecule has 1 unspecified atom stereocenters. The van der Waals surface area contributed by atoms with Crippen molar-refractivity contribution in [2.24, 2.45) is 5.41 Å². The third kappa shape index (κ3) is 3.95. The molecular weight excluding hydrogens is 256 g/mol. The molecule has 0 aromatic rings. The van der Waals surface area contributed by atoms with Crippen molar-refractivity contribution >= 4 is 11.9 Å². The SMILES string of the molecule is CC(C)(CC(=O)O)CC(=O)N1CCN2CCCCC2C1. The van der Waals surface area contributed by atoms with Crippen molar-refractivity contribution in [1.82, 2.24) is 9.80 Å². The average molecular weight is 282 g/mol. The van der Waals surface area contributed by atoms with Gasteiger partial charge in [-0.2, -0.15) is 0 Å². The van der Waals surface area contributed by atoms with E-state index in [1.807, 2.05) is 18.7 Å². The van der Waals surface area contributed by atoms with E-state index in [9.17, 15) is 9.59 Å². The molecule has 0 radical (unpaired) electrons. The molecule has 2 fully saturated rings. The Morgan fingerprint density at radius 2 is 1.90 bits per heavy atom. The first kappa shape index (κ1) is 15.3. The minimum Gasteiger partial charge on any atom is -0.481 e. The fraction of sp³-hybridized carbons (Fsp3) is 0.867. The zero-order chi connectivity index (χ0) is 14.8. The Hall–Kier alpha value is -1.10. The number of nitrogens with zero attached hydrogens (tertiary/aromatic N) is 2. The zero-order valence-electron chi connectivity index (χ0n) is 12.6. The third-order valence-corrected chi connectivity index (χ3v) is 4.45. The van der Waals surface area contributed by atoms with Crippen LogP contribution in [0, 0.1) is 5.41 Å². The van der Waals surface area contributed by atoms with Crippen LogP contribution in [0.15, 0.2) is 0 Å². The Morgan fingerprint density at radius 3 is 2.60 bits per heavy atom. The predicted molar refractivity (Wildman–Crippen MR) is 76.4 cm³/mol. The predicted octanol–water partition coefficient (Wildman–Crippen LogP) is 1.57. The van der Waals surface area contributed by atoms with Crippen molar-refractivity contribution in [2.75, 3.05) is 26.2 Å². The number of rotatable bonds is 4. The molecule has 1 N–H and O–H groups in total. The van der Waals surface area contributed by atoms with Gasteiger partial charge in [-0.1, -0.05) is 20.3 Å². The van der Waals surface area contributed by atoms with Gasteiger partial charge in [-0.25, -0.2) is 0 Å². The van der Waals surface area contributed by atoms with E-state index in [-0.39, 0.29) is 12.3 Å². The van der Waals surface area contributed by atoms with Gasteiger partial charge in [0.2, 0.25) is 5.91 Å². The third-order valence-electron chi connectivity index (χ3n) is 4.45. The van der Waals surface area contributed by atoms with E-state index in [2.05, 4.69) is 4.90 Å². The van der Waals surface area contributed by atoms with Gasteiger partial charge >= 0.3 is 5.97 Å². The van der Waals surface area contributed by atoms with Crippen LogP contribution in [0.4, 0.5) is 0 Å². The summed E-state index contributed by atoms with van der Waals surface area (Å²) in [6.45, 7) is 7.46. The maximum atomic E-state index is 12.4. The van der Waals surface area contributed by atoms with E-state index >= 15 is 0 Å². The molecule has 0 spiro atoms.